The van der Waals surface area contributed by atoms with Crippen molar-refractivity contribution < 1.29 is 13.2 Å². The number of nitrogens with zero attached hydrogens (tertiary/aromatic N) is 1. The number of hydrogen-bond acceptors (Lipinski definition) is 3. The molecule has 0 spiro atoms. The van der Waals surface area contributed by atoms with Crippen LogP contribution in [0.2, 0.25) is 5.02 Å². The standard InChI is InChI=1S/C24H25ClN2O3S/c1-18-14-19(2)16-22(15-18)26-24(28)17-27(13-12-20-6-4-3-5-7-20)31(29,30)23-10-8-21(25)9-11-23/h3-11,14-16H,12-13,17H2,1-2H3,(H,26,28). The predicted molar refractivity (Wildman–Crippen MR) is 125 cm³/mol. The second-order valence-electron chi connectivity index (χ2n) is 7.45. The number of anilines is 1. The molecule has 0 saturated heterocycles. The van der Waals surface area contributed by atoms with Gasteiger partial charge in [-0.3, -0.25) is 4.79 Å². The molecule has 7 heteroatoms. The van der Waals surface area contributed by atoms with E-state index in [4.69, 9.17) is 11.6 Å². The van der Waals surface area contributed by atoms with Gasteiger partial charge in [-0.2, -0.15) is 4.31 Å². The van der Waals surface area contributed by atoms with Gasteiger partial charge in [0.05, 0.1) is 11.4 Å². The number of rotatable bonds is 8. The molecule has 0 saturated carbocycles. The fourth-order valence-electron chi connectivity index (χ4n) is 3.35. The second-order valence-corrected chi connectivity index (χ2v) is 9.83. The van der Waals surface area contributed by atoms with Gasteiger partial charge in [-0.1, -0.05) is 48.0 Å². The first kappa shape index (κ1) is 23.0. The Morgan fingerprint density at radius 1 is 0.935 bits per heavy atom. The van der Waals surface area contributed by atoms with Crippen LogP contribution >= 0.6 is 11.6 Å². The smallest absolute Gasteiger partial charge is 0.243 e. The van der Waals surface area contributed by atoms with E-state index in [1.54, 1.807) is 0 Å². The van der Waals surface area contributed by atoms with Gasteiger partial charge in [0, 0.05) is 17.3 Å². The monoisotopic (exact) mass is 456 g/mol. The zero-order chi connectivity index (χ0) is 22.4. The summed E-state index contributed by atoms with van der Waals surface area (Å²) in [4.78, 5) is 12.9. The summed E-state index contributed by atoms with van der Waals surface area (Å²) in [5, 5.41) is 3.27. The predicted octanol–water partition coefficient (Wildman–Crippen LogP) is 4.83. The van der Waals surface area contributed by atoms with E-state index in [0.29, 0.717) is 17.1 Å². The van der Waals surface area contributed by atoms with Crippen LogP contribution in [0.4, 0.5) is 5.69 Å². The van der Waals surface area contributed by atoms with Crippen LogP contribution < -0.4 is 5.32 Å². The van der Waals surface area contributed by atoms with Crippen LogP contribution in [0.25, 0.3) is 0 Å². The third kappa shape index (κ3) is 6.40. The third-order valence-electron chi connectivity index (χ3n) is 4.77. The summed E-state index contributed by atoms with van der Waals surface area (Å²) in [6.45, 7) is 3.78. The van der Waals surface area contributed by atoms with Gasteiger partial charge in [0.15, 0.2) is 0 Å². The largest absolute Gasteiger partial charge is 0.325 e. The third-order valence-corrected chi connectivity index (χ3v) is 6.88. The molecule has 0 atom stereocenters. The van der Waals surface area contributed by atoms with Gasteiger partial charge < -0.3 is 5.32 Å². The molecule has 3 aromatic rings. The normalized spacial score (nSPS) is 11.5. The first-order chi connectivity index (χ1) is 14.7. The van der Waals surface area contributed by atoms with Crippen LogP contribution in [-0.4, -0.2) is 31.7 Å². The quantitative estimate of drug-likeness (QED) is 0.528. The molecule has 1 N–H and O–H groups in total. The minimum atomic E-state index is -3.88. The average molecular weight is 457 g/mol. The maximum absolute atomic E-state index is 13.3. The van der Waals surface area contributed by atoms with Crippen molar-refractivity contribution in [3.05, 3.63) is 94.5 Å². The molecule has 0 bridgehead atoms. The molecule has 0 radical (unpaired) electrons. The van der Waals surface area contributed by atoms with E-state index in [-0.39, 0.29) is 18.0 Å². The van der Waals surface area contributed by atoms with Gasteiger partial charge in [0.2, 0.25) is 15.9 Å². The van der Waals surface area contributed by atoms with Gasteiger partial charge in [-0.05, 0) is 73.4 Å². The van der Waals surface area contributed by atoms with Crippen LogP contribution in [0.15, 0.2) is 77.7 Å². The van der Waals surface area contributed by atoms with Crippen LogP contribution in [0.1, 0.15) is 16.7 Å². The number of benzene rings is 3. The van der Waals surface area contributed by atoms with Crippen molar-refractivity contribution in [2.75, 3.05) is 18.4 Å². The number of halogens is 1. The fraction of sp³-hybridized carbons (Fsp3) is 0.208. The van der Waals surface area contributed by atoms with E-state index >= 15 is 0 Å². The Hall–Kier alpha value is -2.67. The van der Waals surface area contributed by atoms with Crippen LogP contribution in [0.5, 0.6) is 0 Å². The molecule has 1 amide bonds. The zero-order valence-electron chi connectivity index (χ0n) is 17.5. The lowest BCUT2D eigenvalue weighted by atomic mass is 10.1. The van der Waals surface area contributed by atoms with E-state index in [1.807, 2.05) is 62.4 Å². The molecule has 31 heavy (non-hydrogen) atoms. The molecule has 0 fully saturated rings. The molecule has 3 rings (SSSR count). The van der Waals surface area contributed by atoms with E-state index in [1.165, 1.54) is 28.6 Å². The van der Waals surface area contributed by atoms with Crippen LogP contribution in [0.3, 0.4) is 0 Å². The maximum Gasteiger partial charge on any atom is 0.243 e. The second kappa shape index (κ2) is 10.1. The Balaban J connectivity index is 1.82. The maximum atomic E-state index is 13.3. The molecule has 0 heterocycles. The molecule has 3 aromatic carbocycles. The number of hydrogen-bond donors (Lipinski definition) is 1. The Bertz CT molecular complexity index is 1130. The number of nitrogens with one attached hydrogen (secondary N) is 1. The van der Waals surface area contributed by atoms with Gasteiger partial charge in [0.1, 0.15) is 0 Å². The highest BCUT2D eigenvalue weighted by Crippen LogP contribution is 2.20. The summed E-state index contributed by atoms with van der Waals surface area (Å²) in [7, 11) is -3.88. The Kier molecular flexibility index (Phi) is 7.49. The summed E-state index contributed by atoms with van der Waals surface area (Å²) in [6.07, 6.45) is 0.491. The van der Waals surface area contributed by atoms with Crippen molar-refractivity contribution in [2.24, 2.45) is 0 Å². The SMILES string of the molecule is Cc1cc(C)cc(NC(=O)CN(CCc2ccccc2)S(=O)(=O)c2ccc(Cl)cc2)c1. The highest BCUT2D eigenvalue weighted by atomic mass is 35.5. The average Bonchev–Trinajstić information content (AvgIpc) is 2.71. The highest BCUT2D eigenvalue weighted by Gasteiger charge is 2.26. The Labute approximate surface area is 188 Å². The van der Waals surface area contributed by atoms with E-state index in [0.717, 1.165) is 16.7 Å². The zero-order valence-corrected chi connectivity index (χ0v) is 19.1. The number of amides is 1. The van der Waals surface area contributed by atoms with Gasteiger partial charge in [0.25, 0.3) is 0 Å². The molecule has 0 aliphatic carbocycles. The molecule has 162 valence electrons. The number of carbonyl (C=O) groups excluding carboxylic acids is 1. The Morgan fingerprint density at radius 2 is 1.55 bits per heavy atom. The molecule has 0 aromatic heterocycles. The van der Waals surface area contributed by atoms with Crippen molar-refractivity contribution in [3.8, 4) is 0 Å². The molecule has 0 aliphatic rings. The van der Waals surface area contributed by atoms with E-state index < -0.39 is 15.9 Å². The lowest BCUT2D eigenvalue weighted by Crippen LogP contribution is -2.39. The summed E-state index contributed by atoms with van der Waals surface area (Å²) >= 11 is 5.91. The Morgan fingerprint density at radius 3 is 2.16 bits per heavy atom. The van der Waals surface area contributed by atoms with Crippen LogP contribution in [-0.2, 0) is 21.2 Å². The minimum absolute atomic E-state index is 0.101. The van der Waals surface area contributed by atoms with Gasteiger partial charge in [-0.15, -0.1) is 0 Å². The summed E-state index contributed by atoms with van der Waals surface area (Å²) < 4.78 is 27.7. The number of aryl methyl sites for hydroxylation is 2. The molecular formula is C24H25ClN2O3S. The van der Waals surface area contributed by atoms with Gasteiger partial charge >= 0.3 is 0 Å². The van der Waals surface area contributed by atoms with Crippen LogP contribution in [0, 0.1) is 13.8 Å². The van der Waals surface area contributed by atoms with E-state index in [2.05, 4.69) is 5.32 Å². The highest BCUT2D eigenvalue weighted by molar-refractivity contribution is 7.89. The molecule has 0 aliphatic heterocycles. The van der Waals surface area contributed by atoms with Crippen molar-refractivity contribution in [1.82, 2.24) is 4.31 Å². The first-order valence-electron chi connectivity index (χ1n) is 9.92. The minimum Gasteiger partial charge on any atom is -0.325 e. The first-order valence-corrected chi connectivity index (χ1v) is 11.7. The van der Waals surface area contributed by atoms with E-state index in [9.17, 15) is 13.2 Å². The summed E-state index contributed by atoms with van der Waals surface area (Å²) in [6, 6.07) is 21.3. The molecular weight excluding hydrogens is 432 g/mol. The summed E-state index contributed by atoms with van der Waals surface area (Å²) in [5.74, 6) is -0.393. The van der Waals surface area contributed by atoms with Crippen molar-refractivity contribution in [2.45, 2.75) is 25.2 Å². The molecule has 5 nitrogen and oxygen atoms in total. The van der Waals surface area contributed by atoms with Crippen molar-refractivity contribution >= 4 is 33.2 Å². The number of carbonyl (C=O) groups is 1. The number of sulfonamides is 1. The fourth-order valence-corrected chi connectivity index (χ4v) is 4.87. The lowest BCUT2D eigenvalue weighted by molar-refractivity contribution is -0.116. The topological polar surface area (TPSA) is 66.5 Å². The van der Waals surface area contributed by atoms with Crippen molar-refractivity contribution in [3.63, 3.8) is 0 Å². The molecule has 0 unspecified atom stereocenters. The van der Waals surface area contributed by atoms with Crippen molar-refractivity contribution in [1.29, 1.82) is 0 Å². The summed E-state index contributed by atoms with van der Waals surface area (Å²) in [5.41, 5.74) is 3.68. The lowest BCUT2D eigenvalue weighted by Gasteiger charge is -2.22. The van der Waals surface area contributed by atoms with Gasteiger partial charge in [-0.25, -0.2) is 8.42 Å².